The van der Waals surface area contributed by atoms with Gasteiger partial charge in [-0.3, -0.25) is 10.1 Å². The van der Waals surface area contributed by atoms with Gasteiger partial charge in [0.15, 0.2) is 5.58 Å². The molecule has 0 saturated carbocycles. The summed E-state index contributed by atoms with van der Waals surface area (Å²) in [5, 5.41) is 16.6. The molecule has 8 nitrogen and oxygen atoms in total. The molecule has 27 heavy (non-hydrogen) atoms. The Morgan fingerprint density at radius 3 is 2.70 bits per heavy atom. The minimum Gasteiger partial charge on any atom is -0.465 e. The fraction of sp³-hybridized carbons (Fsp3) is 0.263. The van der Waals surface area contributed by atoms with Gasteiger partial charge in [0.1, 0.15) is 28.7 Å². The predicted molar refractivity (Wildman–Crippen MR) is 95.3 cm³/mol. The molecule has 0 saturated heterocycles. The topological polar surface area (TPSA) is 118 Å². The number of aromatic nitrogens is 1. The molecule has 2 aromatic heterocycles. The van der Waals surface area contributed by atoms with Crippen molar-refractivity contribution in [3.05, 3.63) is 45.8 Å². The first-order valence-electron chi connectivity index (χ1n) is 8.12. The number of carbonyl (C=O) groups is 2. The molecular weight excluding hydrogens is 350 g/mol. The number of nitrogens with one attached hydrogen (secondary N) is 1. The lowest BCUT2D eigenvalue weighted by molar-refractivity contribution is -0.115. The molecule has 1 aromatic carbocycles. The number of furan rings is 1. The fourth-order valence-electron chi connectivity index (χ4n) is 2.98. The Hall–Kier alpha value is -3.60. The Morgan fingerprint density at radius 1 is 1.30 bits per heavy atom. The van der Waals surface area contributed by atoms with E-state index in [1.165, 1.54) is 14.0 Å². The first kappa shape index (κ1) is 18.2. The number of fused-ring (bicyclic) bond motifs is 1. The molecule has 0 atom stereocenters. The Kier molecular flexibility index (Phi) is 4.69. The molecule has 0 spiro atoms. The molecule has 2 heterocycles. The van der Waals surface area contributed by atoms with Crippen molar-refractivity contribution >= 4 is 28.7 Å². The third kappa shape index (κ3) is 3.27. The highest BCUT2D eigenvalue weighted by molar-refractivity contribution is 5.99. The van der Waals surface area contributed by atoms with Crippen LogP contribution < -0.4 is 5.32 Å². The van der Waals surface area contributed by atoms with E-state index in [-0.39, 0.29) is 29.2 Å². The van der Waals surface area contributed by atoms with E-state index >= 15 is 0 Å². The van der Waals surface area contributed by atoms with Crippen molar-refractivity contribution in [2.24, 2.45) is 0 Å². The van der Waals surface area contributed by atoms with Crippen molar-refractivity contribution in [2.45, 2.75) is 27.2 Å². The van der Waals surface area contributed by atoms with Gasteiger partial charge in [-0.1, -0.05) is 11.2 Å². The number of amides is 1. The van der Waals surface area contributed by atoms with Crippen molar-refractivity contribution in [3.63, 3.8) is 0 Å². The molecule has 3 rings (SSSR count). The number of hydrogen-bond acceptors (Lipinski definition) is 7. The van der Waals surface area contributed by atoms with E-state index in [1.54, 1.807) is 0 Å². The molecule has 0 unspecified atom stereocenters. The van der Waals surface area contributed by atoms with Gasteiger partial charge in [0.25, 0.3) is 0 Å². The second kappa shape index (κ2) is 6.96. The summed E-state index contributed by atoms with van der Waals surface area (Å²) in [5.74, 6) is -1.07. The van der Waals surface area contributed by atoms with Gasteiger partial charge >= 0.3 is 5.97 Å². The smallest absolute Gasteiger partial charge is 0.342 e. The zero-order valence-corrected chi connectivity index (χ0v) is 15.3. The van der Waals surface area contributed by atoms with E-state index in [0.717, 1.165) is 16.5 Å². The number of rotatable bonds is 4. The highest BCUT2D eigenvalue weighted by atomic mass is 16.5. The zero-order valence-electron chi connectivity index (χ0n) is 15.3. The molecule has 3 aromatic rings. The van der Waals surface area contributed by atoms with Gasteiger partial charge in [0.05, 0.1) is 13.5 Å². The van der Waals surface area contributed by atoms with Crippen LogP contribution in [0.2, 0.25) is 0 Å². The summed E-state index contributed by atoms with van der Waals surface area (Å²) in [5.41, 5.74) is 2.98. The Labute approximate surface area is 154 Å². The van der Waals surface area contributed by atoms with Crippen molar-refractivity contribution in [2.75, 3.05) is 12.4 Å². The molecule has 0 aliphatic carbocycles. The third-order valence-electron chi connectivity index (χ3n) is 4.14. The highest BCUT2D eigenvalue weighted by Gasteiger charge is 2.26. The van der Waals surface area contributed by atoms with E-state index in [9.17, 15) is 14.9 Å². The van der Waals surface area contributed by atoms with Crippen molar-refractivity contribution < 1.29 is 23.3 Å². The molecule has 0 aliphatic heterocycles. The minimum absolute atomic E-state index is 0.00608. The van der Waals surface area contributed by atoms with Gasteiger partial charge in [0, 0.05) is 5.39 Å². The molecular formula is C19H17N3O5. The molecule has 0 fully saturated rings. The molecule has 0 radical (unpaired) electrons. The second-order valence-electron chi connectivity index (χ2n) is 6.15. The maximum atomic E-state index is 12.4. The molecule has 0 aliphatic rings. The molecule has 1 amide bonds. The number of methoxy groups -OCH3 is 1. The van der Waals surface area contributed by atoms with Gasteiger partial charge in [-0.2, -0.15) is 5.26 Å². The van der Waals surface area contributed by atoms with Crippen LogP contribution in [0.5, 0.6) is 0 Å². The summed E-state index contributed by atoms with van der Waals surface area (Å²) in [6.45, 7) is 5.37. The third-order valence-corrected chi connectivity index (χ3v) is 4.14. The summed E-state index contributed by atoms with van der Waals surface area (Å²) in [6.07, 6.45) is -0.0753. The number of hydrogen-bond donors (Lipinski definition) is 1. The van der Waals surface area contributed by atoms with E-state index in [4.69, 9.17) is 8.94 Å². The van der Waals surface area contributed by atoms with Gasteiger partial charge < -0.3 is 13.7 Å². The standard InChI is InChI=1S/C19H17N3O5/c1-9-5-10(2)17-12(6-9)14(22-27-17)7-15(23)21-18-13(8-20)16(11(3)26-18)19(24)25-4/h5-6H,7H2,1-4H3,(H,21,23). The van der Waals surface area contributed by atoms with Crippen LogP contribution in [0.15, 0.2) is 21.1 Å². The van der Waals surface area contributed by atoms with E-state index in [0.29, 0.717) is 11.3 Å². The quantitative estimate of drug-likeness (QED) is 0.703. The number of anilines is 1. The predicted octanol–water partition coefficient (Wildman–Crippen LogP) is 3.19. The van der Waals surface area contributed by atoms with E-state index in [1.807, 2.05) is 32.0 Å². The Morgan fingerprint density at radius 2 is 2.04 bits per heavy atom. The van der Waals surface area contributed by atoms with Gasteiger partial charge in [-0.15, -0.1) is 0 Å². The second-order valence-corrected chi connectivity index (χ2v) is 6.15. The van der Waals surface area contributed by atoms with Crippen LogP contribution in [0.3, 0.4) is 0 Å². The largest absolute Gasteiger partial charge is 0.465 e. The summed E-state index contributed by atoms with van der Waals surface area (Å²) in [6, 6.07) is 5.73. The van der Waals surface area contributed by atoms with Crippen molar-refractivity contribution in [3.8, 4) is 6.07 Å². The Balaban J connectivity index is 1.88. The number of nitriles is 1. The molecule has 1 N–H and O–H groups in total. The maximum absolute atomic E-state index is 12.4. The van der Waals surface area contributed by atoms with E-state index in [2.05, 4.69) is 15.2 Å². The fourth-order valence-corrected chi connectivity index (χ4v) is 2.98. The lowest BCUT2D eigenvalue weighted by atomic mass is 10.1. The van der Waals surface area contributed by atoms with Crippen LogP contribution in [0, 0.1) is 32.1 Å². The zero-order chi connectivity index (χ0) is 19.7. The first-order valence-corrected chi connectivity index (χ1v) is 8.12. The summed E-state index contributed by atoms with van der Waals surface area (Å²) < 4.78 is 15.4. The number of nitrogens with zero attached hydrogens (tertiary/aromatic N) is 2. The van der Waals surface area contributed by atoms with Gasteiger partial charge in [-0.05, 0) is 38.0 Å². The van der Waals surface area contributed by atoms with Crippen LogP contribution >= 0.6 is 0 Å². The van der Waals surface area contributed by atoms with Crippen LogP contribution in [0.25, 0.3) is 11.0 Å². The molecule has 0 bridgehead atoms. The average molecular weight is 367 g/mol. The lowest BCUT2D eigenvalue weighted by Crippen LogP contribution is -2.15. The SMILES string of the molecule is COC(=O)c1c(C)oc(NC(=O)Cc2noc3c(C)cc(C)cc23)c1C#N. The molecule has 8 heteroatoms. The summed E-state index contributed by atoms with van der Waals surface area (Å²) in [4.78, 5) is 24.3. The van der Waals surface area contributed by atoms with Crippen LogP contribution in [0.4, 0.5) is 5.88 Å². The van der Waals surface area contributed by atoms with Crippen molar-refractivity contribution in [1.82, 2.24) is 5.16 Å². The van der Waals surface area contributed by atoms with E-state index < -0.39 is 11.9 Å². The van der Waals surface area contributed by atoms with Crippen LogP contribution in [-0.4, -0.2) is 24.1 Å². The number of benzene rings is 1. The first-order chi connectivity index (χ1) is 12.8. The lowest BCUT2D eigenvalue weighted by Gasteiger charge is -2.02. The summed E-state index contributed by atoms with van der Waals surface area (Å²) >= 11 is 0. The Bertz CT molecular complexity index is 1100. The summed E-state index contributed by atoms with van der Waals surface area (Å²) in [7, 11) is 1.20. The maximum Gasteiger partial charge on any atom is 0.342 e. The number of carbonyl (C=O) groups excluding carboxylic acids is 2. The highest BCUT2D eigenvalue weighted by Crippen LogP contribution is 2.28. The number of aryl methyl sites for hydroxylation is 3. The van der Waals surface area contributed by atoms with Crippen LogP contribution in [0.1, 0.15) is 38.5 Å². The van der Waals surface area contributed by atoms with Gasteiger partial charge in [-0.25, -0.2) is 4.79 Å². The van der Waals surface area contributed by atoms with Crippen molar-refractivity contribution in [1.29, 1.82) is 5.26 Å². The average Bonchev–Trinajstić information content (AvgIpc) is 3.14. The minimum atomic E-state index is -0.707. The number of esters is 1. The normalized spacial score (nSPS) is 10.6. The van der Waals surface area contributed by atoms with Gasteiger partial charge in [0.2, 0.25) is 11.8 Å². The van der Waals surface area contributed by atoms with Crippen LogP contribution in [-0.2, 0) is 16.0 Å². The monoisotopic (exact) mass is 367 g/mol. The number of ether oxygens (including phenoxy) is 1. The molecule has 138 valence electrons.